The van der Waals surface area contributed by atoms with Crippen LogP contribution in [0.1, 0.15) is 17.0 Å². The molecular weight excluding hydrogens is 229 g/mol. The summed E-state index contributed by atoms with van der Waals surface area (Å²) in [5.41, 5.74) is 2.52. The molecule has 0 aliphatic heterocycles. The second-order valence-corrected chi connectivity index (χ2v) is 3.93. The van der Waals surface area contributed by atoms with Crippen molar-refractivity contribution in [2.45, 2.75) is 13.5 Å². The van der Waals surface area contributed by atoms with Crippen molar-refractivity contribution in [1.29, 1.82) is 5.26 Å². The van der Waals surface area contributed by atoms with E-state index in [1.54, 1.807) is 12.1 Å². The van der Waals surface area contributed by atoms with Gasteiger partial charge in [-0.25, -0.2) is 4.39 Å². The molecule has 1 N–H and O–H groups in total. The van der Waals surface area contributed by atoms with Crippen LogP contribution in [-0.4, -0.2) is 4.98 Å². The van der Waals surface area contributed by atoms with E-state index in [0.29, 0.717) is 12.2 Å². The molecule has 0 fully saturated rings. The fourth-order valence-electron chi connectivity index (χ4n) is 1.61. The minimum atomic E-state index is -0.514. The molecule has 0 bridgehead atoms. The Bertz CT molecular complexity index is 602. The summed E-state index contributed by atoms with van der Waals surface area (Å²) in [5.74, 6) is -0.514. The third-order valence-corrected chi connectivity index (χ3v) is 2.51. The Morgan fingerprint density at radius 2 is 2.17 bits per heavy atom. The summed E-state index contributed by atoms with van der Waals surface area (Å²) < 4.78 is 13.4. The molecule has 18 heavy (non-hydrogen) atoms. The first kappa shape index (κ1) is 12.1. The molecule has 0 spiro atoms. The minimum Gasteiger partial charge on any atom is -0.379 e. The van der Waals surface area contributed by atoms with Gasteiger partial charge >= 0.3 is 0 Å². The summed E-state index contributed by atoms with van der Waals surface area (Å²) in [5, 5.41) is 11.7. The zero-order valence-corrected chi connectivity index (χ0v) is 9.94. The SMILES string of the molecule is Cc1cccc(CNc2ccc(C#N)c(F)c2)n1. The van der Waals surface area contributed by atoms with E-state index in [9.17, 15) is 4.39 Å². The largest absolute Gasteiger partial charge is 0.379 e. The third kappa shape index (κ3) is 2.83. The highest BCUT2D eigenvalue weighted by atomic mass is 19.1. The number of nitriles is 1. The van der Waals surface area contributed by atoms with Crippen LogP contribution >= 0.6 is 0 Å². The molecule has 1 aromatic heterocycles. The van der Waals surface area contributed by atoms with Crippen molar-refractivity contribution in [2.75, 3.05) is 5.32 Å². The molecule has 2 rings (SSSR count). The van der Waals surface area contributed by atoms with E-state index in [-0.39, 0.29) is 5.56 Å². The fourth-order valence-corrected chi connectivity index (χ4v) is 1.61. The van der Waals surface area contributed by atoms with Crippen molar-refractivity contribution < 1.29 is 4.39 Å². The Morgan fingerprint density at radius 1 is 1.33 bits per heavy atom. The van der Waals surface area contributed by atoms with E-state index in [0.717, 1.165) is 11.4 Å². The van der Waals surface area contributed by atoms with Gasteiger partial charge in [0, 0.05) is 11.4 Å². The van der Waals surface area contributed by atoms with Gasteiger partial charge in [0.25, 0.3) is 0 Å². The van der Waals surface area contributed by atoms with Crippen molar-refractivity contribution in [1.82, 2.24) is 4.98 Å². The van der Waals surface area contributed by atoms with Crippen LogP contribution < -0.4 is 5.32 Å². The number of halogens is 1. The second kappa shape index (κ2) is 5.28. The van der Waals surface area contributed by atoms with Gasteiger partial charge in [-0.15, -0.1) is 0 Å². The summed E-state index contributed by atoms with van der Waals surface area (Å²) in [6.07, 6.45) is 0. The van der Waals surface area contributed by atoms with E-state index < -0.39 is 5.82 Å². The maximum absolute atomic E-state index is 13.4. The maximum atomic E-state index is 13.4. The molecule has 4 heteroatoms. The number of nitrogens with zero attached hydrogens (tertiary/aromatic N) is 2. The van der Waals surface area contributed by atoms with E-state index in [1.807, 2.05) is 25.1 Å². The lowest BCUT2D eigenvalue weighted by Gasteiger charge is -2.07. The molecule has 0 saturated heterocycles. The molecule has 1 heterocycles. The highest BCUT2D eigenvalue weighted by Gasteiger charge is 2.02. The molecular formula is C14H12FN3. The monoisotopic (exact) mass is 241 g/mol. The first-order valence-corrected chi connectivity index (χ1v) is 5.55. The first-order chi connectivity index (χ1) is 8.69. The quantitative estimate of drug-likeness (QED) is 0.898. The number of nitrogens with one attached hydrogen (secondary N) is 1. The smallest absolute Gasteiger partial charge is 0.143 e. The fraction of sp³-hybridized carbons (Fsp3) is 0.143. The molecule has 0 atom stereocenters. The highest BCUT2D eigenvalue weighted by molar-refractivity contribution is 5.48. The summed E-state index contributed by atoms with van der Waals surface area (Å²) in [6.45, 7) is 2.44. The molecule has 0 amide bonds. The van der Waals surface area contributed by atoms with Gasteiger partial charge in [-0.3, -0.25) is 4.98 Å². The summed E-state index contributed by atoms with van der Waals surface area (Å²) in [6, 6.07) is 12.0. The third-order valence-electron chi connectivity index (χ3n) is 2.51. The van der Waals surface area contributed by atoms with Crippen molar-refractivity contribution in [2.24, 2.45) is 0 Å². The van der Waals surface area contributed by atoms with Gasteiger partial charge in [-0.05, 0) is 37.3 Å². The van der Waals surface area contributed by atoms with Crippen LogP contribution in [0.3, 0.4) is 0 Å². The van der Waals surface area contributed by atoms with Crippen LogP contribution in [0.15, 0.2) is 36.4 Å². The minimum absolute atomic E-state index is 0.0502. The van der Waals surface area contributed by atoms with Crippen molar-refractivity contribution in [3.63, 3.8) is 0 Å². The topological polar surface area (TPSA) is 48.7 Å². The van der Waals surface area contributed by atoms with Crippen molar-refractivity contribution >= 4 is 5.69 Å². The number of rotatable bonds is 3. The van der Waals surface area contributed by atoms with E-state index in [4.69, 9.17) is 5.26 Å². The lowest BCUT2D eigenvalue weighted by molar-refractivity contribution is 0.624. The zero-order chi connectivity index (χ0) is 13.0. The number of anilines is 1. The number of benzene rings is 1. The number of pyridine rings is 1. The molecule has 1 aromatic carbocycles. The summed E-state index contributed by atoms with van der Waals surface area (Å²) in [7, 11) is 0. The molecule has 2 aromatic rings. The average molecular weight is 241 g/mol. The van der Waals surface area contributed by atoms with Crippen LogP contribution in [-0.2, 0) is 6.54 Å². The maximum Gasteiger partial charge on any atom is 0.143 e. The lowest BCUT2D eigenvalue weighted by Crippen LogP contribution is -2.02. The van der Waals surface area contributed by atoms with Crippen LogP contribution in [0.5, 0.6) is 0 Å². The predicted molar refractivity (Wildman–Crippen MR) is 67.4 cm³/mol. The van der Waals surface area contributed by atoms with Gasteiger partial charge in [0.2, 0.25) is 0 Å². The lowest BCUT2D eigenvalue weighted by atomic mass is 10.2. The highest BCUT2D eigenvalue weighted by Crippen LogP contribution is 2.14. The summed E-state index contributed by atoms with van der Waals surface area (Å²) in [4.78, 5) is 4.34. The van der Waals surface area contributed by atoms with Crippen LogP contribution in [0.4, 0.5) is 10.1 Å². The van der Waals surface area contributed by atoms with Crippen LogP contribution in [0.25, 0.3) is 0 Å². The Kier molecular flexibility index (Phi) is 3.54. The normalized spacial score (nSPS) is 9.83. The Balaban J connectivity index is 2.07. The van der Waals surface area contributed by atoms with E-state index in [1.165, 1.54) is 12.1 Å². The Hall–Kier alpha value is -2.41. The van der Waals surface area contributed by atoms with Gasteiger partial charge in [-0.1, -0.05) is 6.07 Å². The van der Waals surface area contributed by atoms with Crippen LogP contribution in [0.2, 0.25) is 0 Å². The molecule has 0 unspecified atom stereocenters. The molecule has 90 valence electrons. The van der Waals surface area contributed by atoms with Gasteiger partial charge in [0.15, 0.2) is 0 Å². The van der Waals surface area contributed by atoms with Crippen molar-refractivity contribution in [3.05, 3.63) is 59.2 Å². The van der Waals surface area contributed by atoms with E-state index >= 15 is 0 Å². The second-order valence-electron chi connectivity index (χ2n) is 3.93. The Labute approximate surface area is 105 Å². The Morgan fingerprint density at radius 3 is 2.83 bits per heavy atom. The van der Waals surface area contributed by atoms with Crippen molar-refractivity contribution in [3.8, 4) is 6.07 Å². The standard InChI is InChI=1S/C14H12FN3/c1-10-3-2-4-13(18-10)9-17-12-6-5-11(8-16)14(15)7-12/h2-7,17H,9H2,1H3. The molecule has 3 nitrogen and oxygen atoms in total. The zero-order valence-electron chi connectivity index (χ0n) is 9.94. The average Bonchev–Trinajstić information content (AvgIpc) is 2.37. The van der Waals surface area contributed by atoms with E-state index in [2.05, 4.69) is 10.3 Å². The molecule has 0 aliphatic rings. The summed E-state index contributed by atoms with van der Waals surface area (Å²) >= 11 is 0. The van der Waals surface area contributed by atoms with Gasteiger partial charge in [0.05, 0.1) is 17.8 Å². The first-order valence-electron chi connectivity index (χ1n) is 5.55. The van der Waals surface area contributed by atoms with Crippen LogP contribution in [0, 0.1) is 24.1 Å². The number of aromatic nitrogens is 1. The van der Waals surface area contributed by atoms with Gasteiger partial charge in [-0.2, -0.15) is 5.26 Å². The number of hydrogen-bond acceptors (Lipinski definition) is 3. The molecule has 0 aliphatic carbocycles. The molecule has 0 radical (unpaired) electrons. The number of aryl methyl sites for hydroxylation is 1. The van der Waals surface area contributed by atoms with Gasteiger partial charge < -0.3 is 5.32 Å². The number of hydrogen-bond donors (Lipinski definition) is 1. The molecule has 0 saturated carbocycles. The van der Waals surface area contributed by atoms with Gasteiger partial charge in [0.1, 0.15) is 11.9 Å². The predicted octanol–water partition coefficient (Wildman–Crippen LogP) is 3.01.